The first-order valence-electron chi connectivity index (χ1n) is 6.67. The second-order valence-corrected chi connectivity index (χ2v) is 5.32. The zero-order valence-electron chi connectivity index (χ0n) is 11.1. The maximum absolute atomic E-state index is 13.3. The number of benzene rings is 1. The molecule has 1 aliphatic heterocycles. The fraction of sp³-hybridized carbons (Fsp3) is 0.200. The number of halogens is 1. The first kappa shape index (κ1) is 12.3. The molecular weight excluding hydrogens is 271 g/mol. The lowest BCUT2D eigenvalue weighted by molar-refractivity contribution is 0.00691. The van der Waals surface area contributed by atoms with E-state index in [0.717, 1.165) is 11.3 Å². The smallest absolute Gasteiger partial charge is 0.156 e. The monoisotopic (exact) mass is 284 g/mol. The van der Waals surface area contributed by atoms with Gasteiger partial charge in [-0.05, 0) is 29.8 Å². The maximum Gasteiger partial charge on any atom is 0.156 e. The fourth-order valence-electron chi connectivity index (χ4n) is 2.79. The summed E-state index contributed by atoms with van der Waals surface area (Å²) in [5.41, 5.74) is 0.453. The lowest BCUT2D eigenvalue weighted by Gasteiger charge is -2.47. The highest BCUT2D eigenvalue weighted by molar-refractivity contribution is 5.70. The van der Waals surface area contributed by atoms with Crippen molar-refractivity contribution < 1.29 is 9.50 Å². The molecule has 0 saturated carbocycles. The van der Waals surface area contributed by atoms with Crippen LogP contribution in [0.25, 0.3) is 5.52 Å². The molecule has 5 nitrogen and oxygen atoms in total. The molecule has 21 heavy (non-hydrogen) atoms. The van der Waals surface area contributed by atoms with Crippen LogP contribution in [-0.4, -0.2) is 32.8 Å². The molecule has 106 valence electrons. The van der Waals surface area contributed by atoms with Gasteiger partial charge in [-0.15, -0.1) is 0 Å². The second kappa shape index (κ2) is 4.26. The summed E-state index contributed by atoms with van der Waals surface area (Å²) in [6.07, 6.45) is 3.33. The van der Waals surface area contributed by atoms with E-state index in [1.165, 1.54) is 18.5 Å². The molecule has 1 N–H and O–H groups in total. The van der Waals surface area contributed by atoms with Gasteiger partial charge in [0.1, 0.15) is 23.3 Å². The maximum atomic E-state index is 13.3. The quantitative estimate of drug-likeness (QED) is 0.776. The third-order valence-corrected chi connectivity index (χ3v) is 3.88. The predicted octanol–water partition coefficient (Wildman–Crippen LogP) is 1.58. The van der Waals surface area contributed by atoms with E-state index in [-0.39, 0.29) is 5.82 Å². The SMILES string of the molecule is OC1(c2cccc(F)c2)CN(c2ncnn3cccc23)C1. The highest BCUT2D eigenvalue weighted by atomic mass is 19.1. The minimum Gasteiger partial charge on any atom is -0.381 e. The summed E-state index contributed by atoms with van der Waals surface area (Å²) >= 11 is 0. The molecule has 6 heteroatoms. The van der Waals surface area contributed by atoms with Crippen LogP contribution in [0.15, 0.2) is 48.9 Å². The van der Waals surface area contributed by atoms with Gasteiger partial charge in [0.15, 0.2) is 5.82 Å². The summed E-state index contributed by atoms with van der Waals surface area (Å²) in [5, 5.41) is 14.7. The number of anilines is 1. The normalized spacial score (nSPS) is 17.0. The molecule has 0 unspecified atom stereocenters. The van der Waals surface area contributed by atoms with Gasteiger partial charge in [0.25, 0.3) is 0 Å². The molecule has 0 bridgehead atoms. The largest absolute Gasteiger partial charge is 0.381 e. The lowest BCUT2D eigenvalue weighted by atomic mass is 9.86. The number of β-amino-alcohol motifs (C(OH)–C–C–N with tert-alkyl or cyclic N) is 1. The van der Waals surface area contributed by atoms with Gasteiger partial charge in [-0.2, -0.15) is 5.10 Å². The molecule has 1 fully saturated rings. The van der Waals surface area contributed by atoms with Crippen molar-refractivity contribution in [3.8, 4) is 0 Å². The van der Waals surface area contributed by atoms with Gasteiger partial charge in [0.05, 0.1) is 13.1 Å². The molecule has 0 aliphatic carbocycles. The Kier molecular flexibility index (Phi) is 2.49. The van der Waals surface area contributed by atoms with Gasteiger partial charge in [-0.1, -0.05) is 12.1 Å². The number of hydrogen-bond donors (Lipinski definition) is 1. The number of aliphatic hydroxyl groups is 1. The lowest BCUT2D eigenvalue weighted by Crippen LogP contribution is -2.60. The van der Waals surface area contributed by atoms with Crippen LogP contribution in [-0.2, 0) is 5.60 Å². The van der Waals surface area contributed by atoms with E-state index in [1.807, 2.05) is 23.2 Å². The van der Waals surface area contributed by atoms with E-state index < -0.39 is 5.60 Å². The van der Waals surface area contributed by atoms with Crippen molar-refractivity contribution >= 4 is 11.3 Å². The number of aromatic nitrogens is 3. The number of fused-ring (bicyclic) bond motifs is 1. The summed E-state index contributed by atoms with van der Waals surface area (Å²) in [6, 6.07) is 9.93. The van der Waals surface area contributed by atoms with Crippen LogP contribution < -0.4 is 4.90 Å². The van der Waals surface area contributed by atoms with Crippen LogP contribution in [0, 0.1) is 5.82 Å². The summed E-state index contributed by atoms with van der Waals surface area (Å²) in [5.74, 6) is 0.437. The van der Waals surface area contributed by atoms with Gasteiger partial charge >= 0.3 is 0 Å². The van der Waals surface area contributed by atoms with Crippen LogP contribution >= 0.6 is 0 Å². The van der Waals surface area contributed by atoms with E-state index in [2.05, 4.69) is 10.1 Å². The van der Waals surface area contributed by atoms with Crippen molar-refractivity contribution in [2.45, 2.75) is 5.60 Å². The Balaban J connectivity index is 1.63. The molecule has 0 atom stereocenters. The van der Waals surface area contributed by atoms with E-state index >= 15 is 0 Å². The first-order chi connectivity index (χ1) is 10.2. The van der Waals surface area contributed by atoms with Crippen LogP contribution in [0.3, 0.4) is 0 Å². The Morgan fingerprint density at radius 1 is 1.19 bits per heavy atom. The molecule has 1 aromatic carbocycles. The molecular formula is C15H13FN4O. The summed E-state index contributed by atoms with van der Waals surface area (Å²) in [6.45, 7) is 0.766. The summed E-state index contributed by atoms with van der Waals surface area (Å²) < 4.78 is 15.0. The van der Waals surface area contributed by atoms with Crippen LogP contribution in [0.4, 0.5) is 10.2 Å². The van der Waals surface area contributed by atoms with Crippen molar-refractivity contribution in [3.05, 3.63) is 60.3 Å². The Bertz CT molecular complexity index is 810. The van der Waals surface area contributed by atoms with Crippen molar-refractivity contribution in [1.82, 2.24) is 14.6 Å². The third kappa shape index (κ3) is 1.87. The molecule has 0 radical (unpaired) electrons. The highest BCUT2D eigenvalue weighted by Gasteiger charge is 2.44. The van der Waals surface area contributed by atoms with Gasteiger partial charge < -0.3 is 10.0 Å². The average molecular weight is 284 g/mol. The van der Waals surface area contributed by atoms with E-state index in [1.54, 1.807) is 16.6 Å². The third-order valence-electron chi connectivity index (χ3n) is 3.88. The summed E-state index contributed by atoms with van der Waals surface area (Å²) in [7, 11) is 0. The molecule has 0 amide bonds. The molecule has 1 aliphatic rings. The Labute approximate surface area is 120 Å². The van der Waals surface area contributed by atoms with Gasteiger partial charge in [-0.3, -0.25) is 0 Å². The molecule has 1 saturated heterocycles. The average Bonchev–Trinajstić information content (AvgIpc) is 2.92. The van der Waals surface area contributed by atoms with Crippen molar-refractivity contribution in [3.63, 3.8) is 0 Å². The van der Waals surface area contributed by atoms with Gasteiger partial charge in [-0.25, -0.2) is 13.9 Å². The molecule has 2 aromatic heterocycles. The van der Waals surface area contributed by atoms with Crippen LogP contribution in [0.1, 0.15) is 5.56 Å². The first-order valence-corrected chi connectivity index (χ1v) is 6.67. The topological polar surface area (TPSA) is 53.7 Å². The van der Waals surface area contributed by atoms with Crippen molar-refractivity contribution in [2.75, 3.05) is 18.0 Å². The number of rotatable bonds is 2. The van der Waals surface area contributed by atoms with Crippen molar-refractivity contribution in [1.29, 1.82) is 0 Å². The minimum atomic E-state index is -1.03. The van der Waals surface area contributed by atoms with Crippen LogP contribution in [0.5, 0.6) is 0 Å². The van der Waals surface area contributed by atoms with E-state index in [9.17, 15) is 9.50 Å². The molecule has 3 aromatic rings. The van der Waals surface area contributed by atoms with E-state index in [0.29, 0.717) is 18.7 Å². The fourth-order valence-corrected chi connectivity index (χ4v) is 2.79. The minimum absolute atomic E-state index is 0.338. The van der Waals surface area contributed by atoms with Crippen LogP contribution in [0.2, 0.25) is 0 Å². The molecule has 4 rings (SSSR count). The van der Waals surface area contributed by atoms with Gasteiger partial charge in [0.2, 0.25) is 0 Å². The predicted molar refractivity (Wildman–Crippen MR) is 75.5 cm³/mol. The highest BCUT2D eigenvalue weighted by Crippen LogP contribution is 2.36. The number of nitrogens with zero attached hydrogens (tertiary/aromatic N) is 4. The Morgan fingerprint density at radius 2 is 2.05 bits per heavy atom. The zero-order chi connectivity index (χ0) is 14.4. The van der Waals surface area contributed by atoms with E-state index in [4.69, 9.17) is 0 Å². The second-order valence-electron chi connectivity index (χ2n) is 5.32. The van der Waals surface area contributed by atoms with Crippen molar-refractivity contribution in [2.24, 2.45) is 0 Å². The van der Waals surface area contributed by atoms with Gasteiger partial charge in [0, 0.05) is 6.20 Å². The Morgan fingerprint density at radius 3 is 2.86 bits per heavy atom. The summed E-state index contributed by atoms with van der Waals surface area (Å²) in [4.78, 5) is 6.25. The number of hydrogen-bond acceptors (Lipinski definition) is 4. The molecule has 3 heterocycles. The Hall–Kier alpha value is -2.47. The zero-order valence-corrected chi connectivity index (χ0v) is 11.1. The standard InChI is InChI=1S/C15H13FN4O/c16-12-4-1-3-11(7-12)15(21)8-19(9-15)14-13-5-2-6-20(13)18-10-17-14/h1-7,10,21H,8-9H2. The molecule has 0 spiro atoms.